The monoisotopic (exact) mass is 474 g/mol. The van der Waals surface area contributed by atoms with Gasteiger partial charge in [-0.3, -0.25) is 15.1 Å². The van der Waals surface area contributed by atoms with Crippen LogP contribution in [0.25, 0.3) is 10.9 Å². The minimum Gasteiger partial charge on any atom is -0.493 e. The van der Waals surface area contributed by atoms with E-state index in [1.807, 2.05) is 62.2 Å². The Morgan fingerprint density at radius 1 is 1.14 bits per heavy atom. The Morgan fingerprint density at radius 3 is 2.60 bits per heavy atom. The van der Waals surface area contributed by atoms with Crippen LogP contribution < -0.4 is 25.1 Å². The molecule has 1 fully saturated rings. The van der Waals surface area contributed by atoms with Crippen molar-refractivity contribution in [1.82, 2.24) is 20.6 Å². The van der Waals surface area contributed by atoms with Crippen molar-refractivity contribution in [2.45, 2.75) is 39.6 Å². The third kappa shape index (κ3) is 5.08. The molecule has 182 valence electrons. The molecule has 4 rings (SSSR count). The van der Waals surface area contributed by atoms with Crippen LogP contribution in [0.4, 0.5) is 5.69 Å². The number of aromatic nitrogens is 1. The number of fused-ring (bicyclic) bond motifs is 1. The van der Waals surface area contributed by atoms with E-state index in [2.05, 4.69) is 21.8 Å². The zero-order valence-corrected chi connectivity index (χ0v) is 20.6. The van der Waals surface area contributed by atoms with Gasteiger partial charge in [0, 0.05) is 11.6 Å². The number of hydrogen-bond donors (Lipinski definition) is 2. The van der Waals surface area contributed by atoms with E-state index in [0.717, 1.165) is 22.2 Å². The second-order valence-electron chi connectivity index (χ2n) is 9.41. The molecule has 0 radical (unpaired) electrons. The van der Waals surface area contributed by atoms with Gasteiger partial charge in [-0.05, 0) is 47.4 Å². The molecule has 1 aliphatic rings. The van der Waals surface area contributed by atoms with E-state index in [4.69, 9.17) is 9.47 Å². The van der Waals surface area contributed by atoms with Crippen molar-refractivity contribution in [1.29, 1.82) is 5.26 Å². The number of pyridine rings is 1. The van der Waals surface area contributed by atoms with E-state index in [-0.39, 0.29) is 17.7 Å². The predicted molar refractivity (Wildman–Crippen MR) is 133 cm³/mol. The van der Waals surface area contributed by atoms with Crippen molar-refractivity contribution in [3.8, 4) is 17.7 Å². The first-order chi connectivity index (χ1) is 16.8. The molecular formula is C26H30N6O3. The summed E-state index contributed by atoms with van der Waals surface area (Å²) in [6.07, 6.45) is 3.35. The number of amides is 1. The molecule has 1 amide bonds. The Bertz CT molecular complexity index is 1260. The Kier molecular flexibility index (Phi) is 6.67. The third-order valence-electron chi connectivity index (χ3n) is 5.91. The number of anilines is 1. The number of carbonyl (C=O) groups excluding carboxylic acids is 1. The molecule has 2 atom stereocenters. The highest BCUT2D eigenvalue weighted by atomic mass is 16.5. The standard InChI is InChI=1S/C26H30N6O3/c1-26(2,3)24(29-23(33)15-17-11-12-21(34-4)22(14-17)35-5)30-25-31(16-27)32(25)20-10-6-9-19-18(20)8-7-13-28-19/h6-14,24-25,30H,15H2,1-5H3,(H,29,33). The summed E-state index contributed by atoms with van der Waals surface area (Å²) in [6, 6.07) is 15.1. The Hall–Kier alpha value is -4.03. The molecule has 0 spiro atoms. The number of nitriles is 1. The molecule has 0 aliphatic carbocycles. The van der Waals surface area contributed by atoms with Crippen molar-refractivity contribution < 1.29 is 14.3 Å². The van der Waals surface area contributed by atoms with Crippen molar-refractivity contribution in [3.05, 3.63) is 60.3 Å². The summed E-state index contributed by atoms with van der Waals surface area (Å²) < 4.78 is 10.6. The molecule has 2 aromatic carbocycles. The number of benzene rings is 2. The zero-order chi connectivity index (χ0) is 25.2. The highest BCUT2D eigenvalue weighted by Gasteiger charge is 2.48. The fraction of sp³-hybridized carbons (Fsp3) is 0.346. The highest BCUT2D eigenvalue weighted by molar-refractivity contribution is 5.92. The van der Waals surface area contributed by atoms with Crippen molar-refractivity contribution in [2.75, 3.05) is 19.2 Å². The maximum absolute atomic E-state index is 13.0. The van der Waals surface area contributed by atoms with Gasteiger partial charge in [0.25, 0.3) is 0 Å². The van der Waals surface area contributed by atoms with Crippen LogP contribution in [0.5, 0.6) is 11.5 Å². The quantitative estimate of drug-likeness (QED) is 0.291. The molecule has 1 aromatic heterocycles. The highest BCUT2D eigenvalue weighted by Crippen LogP contribution is 2.37. The van der Waals surface area contributed by atoms with Crippen LogP contribution in [-0.2, 0) is 11.2 Å². The van der Waals surface area contributed by atoms with Crippen LogP contribution in [0, 0.1) is 16.9 Å². The van der Waals surface area contributed by atoms with Gasteiger partial charge >= 0.3 is 0 Å². The van der Waals surface area contributed by atoms with Gasteiger partial charge in [0.2, 0.25) is 18.4 Å². The van der Waals surface area contributed by atoms with Crippen LogP contribution in [0.1, 0.15) is 26.3 Å². The molecule has 1 aliphatic heterocycles. The first-order valence-corrected chi connectivity index (χ1v) is 11.3. The van der Waals surface area contributed by atoms with Crippen LogP contribution in [0.3, 0.4) is 0 Å². The van der Waals surface area contributed by atoms with Gasteiger partial charge in [-0.15, -0.1) is 0 Å². The summed E-state index contributed by atoms with van der Waals surface area (Å²) >= 11 is 0. The topological polar surface area (TPSA) is 102 Å². The van der Waals surface area contributed by atoms with Crippen LogP contribution in [-0.4, -0.2) is 42.6 Å². The minimum absolute atomic E-state index is 0.144. The van der Waals surface area contributed by atoms with E-state index in [9.17, 15) is 10.1 Å². The summed E-state index contributed by atoms with van der Waals surface area (Å²) in [7, 11) is 3.14. The van der Waals surface area contributed by atoms with Crippen molar-refractivity contribution in [3.63, 3.8) is 0 Å². The summed E-state index contributed by atoms with van der Waals surface area (Å²) in [6.45, 7) is 6.10. The lowest BCUT2D eigenvalue weighted by Gasteiger charge is -2.32. The Morgan fingerprint density at radius 2 is 1.91 bits per heavy atom. The number of nitrogens with one attached hydrogen (secondary N) is 2. The molecule has 9 nitrogen and oxygen atoms in total. The third-order valence-corrected chi connectivity index (χ3v) is 5.91. The molecule has 2 N–H and O–H groups in total. The van der Waals surface area contributed by atoms with Gasteiger partial charge in [-0.1, -0.05) is 32.9 Å². The molecule has 9 heteroatoms. The van der Waals surface area contributed by atoms with E-state index < -0.39 is 12.5 Å². The molecule has 2 unspecified atom stereocenters. The number of ether oxygens (including phenoxy) is 2. The van der Waals surface area contributed by atoms with E-state index in [0.29, 0.717) is 11.5 Å². The molecule has 0 bridgehead atoms. The SMILES string of the molecule is COc1ccc(CC(=O)NC(NC2N(C#N)N2c2cccc3ncccc23)C(C)(C)C)cc1OC. The van der Waals surface area contributed by atoms with Crippen LogP contribution in [0.2, 0.25) is 0 Å². The van der Waals surface area contributed by atoms with E-state index >= 15 is 0 Å². The normalized spacial score (nSPS) is 15.9. The maximum Gasteiger partial charge on any atom is 0.225 e. The Labute approximate surface area is 205 Å². The lowest BCUT2D eigenvalue weighted by Crippen LogP contribution is -2.55. The summed E-state index contributed by atoms with van der Waals surface area (Å²) in [5.41, 5.74) is 2.22. The van der Waals surface area contributed by atoms with Crippen molar-refractivity contribution in [2.24, 2.45) is 5.41 Å². The average molecular weight is 475 g/mol. The number of hydrazine groups is 1. The lowest BCUT2D eigenvalue weighted by atomic mass is 9.92. The first kappa shape index (κ1) is 24.1. The van der Waals surface area contributed by atoms with Crippen LogP contribution >= 0.6 is 0 Å². The number of hydrogen-bond acceptors (Lipinski definition) is 8. The molecular weight excluding hydrogens is 444 g/mol. The lowest BCUT2D eigenvalue weighted by molar-refractivity contribution is -0.122. The van der Waals surface area contributed by atoms with E-state index in [1.54, 1.807) is 37.6 Å². The largest absolute Gasteiger partial charge is 0.493 e. The van der Waals surface area contributed by atoms with Gasteiger partial charge in [0.05, 0.1) is 38.0 Å². The molecule has 0 saturated carbocycles. The zero-order valence-electron chi connectivity index (χ0n) is 20.6. The van der Waals surface area contributed by atoms with Gasteiger partial charge < -0.3 is 14.8 Å². The van der Waals surface area contributed by atoms with E-state index in [1.165, 1.54) is 0 Å². The summed E-state index contributed by atoms with van der Waals surface area (Å²) in [5, 5.41) is 20.6. The van der Waals surface area contributed by atoms with Gasteiger partial charge in [0.15, 0.2) is 11.5 Å². The second-order valence-corrected chi connectivity index (χ2v) is 9.41. The number of methoxy groups -OCH3 is 2. The van der Waals surface area contributed by atoms with Crippen LogP contribution in [0.15, 0.2) is 54.7 Å². The molecule has 3 aromatic rings. The fourth-order valence-electron chi connectivity index (χ4n) is 4.00. The number of nitrogens with zero attached hydrogens (tertiary/aromatic N) is 4. The Balaban J connectivity index is 1.50. The number of carbonyl (C=O) groups is 1. The molecule has 2 heterocycles. The second kappa shape index (κ2) is 9.68. The predicted octanol–water partition coefficient (Wildman–Crippen LogP) is 3.37. The molecule has 1 saturated heterocycles. The minimum atomic E-state index is -0.394. The number of rotatable bonds is 8. The fourth-order valence-corrected chi connectivity index (χ4v) is 4.00. The van der Waals surface area contributed by atoms with Gasteiger partial charge in [-0.2, -0.15) is 10.3 Å². The summed E-state index contributed by atoms with van der Waals surface area (Å²) in [4.78, 5) is 17.4. The maximum atomic E-state index is 13.0. The smallest absolute Gasteiger partial charge is 0.225 e. The average Bonchev–Trinajstić information content (AvgIpc) is 3.54. The summed E-state index contributed by atoms with van der Waals surface area (Å²) in [5.74, 6) is 1.04. The van der Waals surface area contributed by atoms with Gasteiger partial charge in [0.1, 0.15) is 0 Å². The first-order valence-electron chi connectivity index (χ1n) is 11.3. The van der Waals surface area contributed by atoms with Gasteiger partial charge in [-0.25, -0.2) is 5.01 Å². The molecule has 35 heavy (non-hydrogen) atoms. The van der Waals surface area contributed by atoms with Crippen molar-refractivity contribution >= 4 is 22.5 Å².